The SMILES string of the molecule is CCOc1ccc(C2(CNC(=NC)NCc3ccc(CC)s3)CCOCC2)cc1.I. The normalized spacial score (nSPS) is 15.9. The Morgan fingerprint density at radius 2 is 1.77 bits per heavy atom. The molecule has 5 nitrogen and oxygen atoms in total. The summed E-state index contributed by atoms with van der Waals surface area (Å²) in [6.45, 7) is 8.09. The zero-order chi connectivity index (χ0) is 20.5. The summed E-state index contributed by atoms with van der Waals surface area (Å²) in [4.78, 5) is 7.17. The van der Waals surface area contributed by atoms with Gasteiger partial charge in [-0.15, -0.1) is 35.3 Å². The molecule has 1 aliphatic rings. The van der Waals surface area contributed by atoms with Gasteiger partial charge >= 0.3 is 0 Å². The van der Waals surface area contributed by atoms with Gasteiger partial charge in [-0.3, -0.25) is 4.99 Å². The van der Waals surface area contributed by atoms with E-state index in [2.05, 4.69) is 58.9 Å². The number of hydrogen-bond acceptors (Lipinski definition) is 4. The number of halogens is 1. The third-order valence-corrected chi connectivity index (χ3v) is 6.77. The minimum atomic E-state index is 0. The second kappa shape index (κ2) is 12.5. The molecule has 7 heteroatoms. The van der Waals surface area contributed by atoms with E-state index in [-0.39, 0.29) is 29.4 Å². The van der Waals surface area contributed by atoms with Crippen LogP contribution >= 0.6 is 35.3 Å². The van der Waals surface area contributed by atoms with Crippen molar-refractivity contribution in [3.8, 4) is 5.75 Å². The van der Waals surface area contributed by atoms with Crippen LogP contribution in [0.5, 0.6) is 5.75 Å². The standard InChI is InChI=1S/C23H33N3O2S.HI/c1-4-20-10-11-21(29-20)16-25-22(24-3)26-17-23(12-14-27-15-13-23)18-6-8-19(9-7-18)28-5-2;/h6-11H,4-5,12-17H2,1-3H3,(H2,24,25,26);1H. The lowest BCUT2D eigenvalue weighted by atomic mass is 9.74. The Morgan fingerprint density at radius 1 is 1.07 bits per heavy atom. The zero-order valence-electron chi connectivity index (χ0n) is 18.2. The molecule has 1 aromatic heterocycles. The lowest BCUT2D eigenvalue weighted by Crippen LogP contribution is -2.47. The van der Waals surface area contributed by atoms with Gasteiger partial charge in [-0.1, -0.05) is 19.1 Å². The van der Waals surface area contributed by atoms with Crippen LogP contribution < -0.4 is 15.4 Å². The molecule has 0 saturated carbocycles. The number of aliphatic imine (C=N–C) groups is 1. The van der Waals surface area contributed by atoms with Crippen molar-refractivity contribution in [1.29, 1.82) is 0 Å². The van der Waals surface area contributed by atoms with Crippen molar-refractivity contribution in [2.75, 3.05) is 33.4 Å². The topological polar surface area (TPSA) is 54.9 Å². The van der Waals surface area contributed by atoms with E-state index in [1.807, 2.05) is 25.3 Å². The predicted octanol–water partition coefficient (Wildman–Crippen LogP) is 4.74. The largest absolute Gasteiger partial charge is 0.494 e. The van der Waals surface area contributed by atoms with Crippen molar-refractivity contribution in [3.63, 3.8) is 0 Å². The Hall–Kier alpha value is -1.32. The predicted molar refractivity (Wildman–Crippen MR) is 137 cm³/mol. The smallest absolute Gasteiger partial charge is 0.191 e. The van der Waals surface area contributed by atoms with Crippen molar-refractivity contribution >= 4 is 41.3 Å². The molecule has 2 N–H and O–H groups in total. The van der Waals surface area contributed by atoms with E-state index in [0.29, 0.717) is 6.61 Å². The number of thiophene rings is 1. The lowest BCUT2D eigenvalue weighted by Gasteiger charge is -2.38. The summed E-state index contributed by atoms with van der Waals surface area (Å²) < 4.78 is 11.3. The Bertz CT molecular complexity index is 786. The van der Waals surface area contributed by atoms with Gasteiger partial charge in [0.15, 0.2) is 5.96 Å². The van der Waals surface area contributed by atoms with E-state index in [1.54, 1.807) is 0 Å². The van der Waals surface area contributed by atoms with E-state index in [4.69, 9.17) is 9.47 Å². The molecule has 1 saturated heterocycles. The van der Waals surface area contributed by atoms with Gasteiger partial charge in [0.05, 0.1) is 13.2 Å². The molecule has 0 radical (unpaired) electrons. The Labute approximate surface area is 201 Å². The average molecular weight is 544 g/mol. The zero-order valence-corrected chi connectivity index (χ0v) is 21.3. The molecule has 0 bridgehead atoms. The number of benzene rings is 1. The van der Waals surface area contributed by atoms with E-state index in [9.17, 15) is 0 Å². The third kappa shape index (κ3) is 6.59. The molecule has 30 heavy (non-hydrogen) atoms. The van der Waals surface area contributed by atoms with Crippen LogP contribution in [0.25, 0.3) is 0 Å². The van der Waals surface area contributed by atoms with Crippen molar-refractivity contribution in [3.05, 3.63) is 51.7 Å². The van der Waals surface area contributed by atoms with Gasteiger partial charge in [-0.2, -0.15) is 0 Å². The van der Waals surface area contributed by atoms with Crippen LogP contribution in [-0.4, -0.2) is 39.4 Å². The van der Waals surface area contributed by atoms with Gasteiger partial charge in [0.2, 0.25) is 0 Å². The molecule has 1 aromatic carbocycles. The number of hydrogen-bond donors (Lipinski definition) is 2. The van der Waals surface area contributed by atoms with Gasteiger partial charge in [0.25, 0.3) is 0 Å². The Morgan fingerprint density at radius 3 is 2.37 bits per heavy atom. The van der Waals surface area contributed by atoms with Crippen LogP contribution in [0.1, 0.15) is 42.0 Å². The highest BCUT2D eigenvalue weighted by Gasteiger charge is 2.34. The highest BCUT2D eigenvalue weighted by molar-refractivity contribution is 14.0. The molecule has 2 heterocycles. The van der Waals surface area contributed by atoms with Crippen molar-refractivity contribution in [1.82, 2.24) is 10.6 Å². The third-order valence-electron chi connectivity index (χ3n) is 5.54. The summed E-state index contributed by atoms with van der Waals surface area (Å²) in [7, 11) is 1.83. The highest BCUT2D eigenvalue weighted by Crippen LogP contribution is 2.35. The number of guanidine groups is 1. The number of aryl methyl sites for hydroxylation is 1. The molecule has 166 valence electrons. The molecule has 0 amide bonds. The quantitative estimate of drug-likeness (QED) is 0.287. The molecular formula is C23H34IN3O2S. The number of nitrogens with zero attached hydrogens (tertiary/aromatic N) is 1. The van der Waals surface area contributed by atoms with Crippen LogP contribution in [0.4, 0.5) is 0 Å². The summed E-state index contributed by atoms with van der Waals surface area (Å²) in [5, 5.41) is 7.02. The molecule has 3 rings (SSSR count). The molecule has 0 spiro atoms. The van der Waals surface area contributed by atoms with Gasteiger partial charge in [0.1, 0.15) is 5.75 Å². The molecule has 1 aliphatic heterocycles. The van der Waals surface area contributed by atoms with Crippen LogP contribution in [-0.2, 0) is 23.1 Å². The maximum atomic E-state index is 5.66. The van der Waals surface area contributed by atoms with E-state index >= 15 is 0 Å². The van der Waals surface area contributed by atoms with Gasteiger partial charge in [-0.05, 0) is 56.0 Å². The van der Waals surface area contributed by atoms with Crippen LogP contribution in [0.2, 0.25) is 0 Å². The molecule has 1 fully saturated rings. The Balaban J connectivity index is 0.00000320. The fraction of sp³-hybridized carbons (Fsp3) is 0.522. The van der Waals surface area contributed by atoms with Crippen LogP contribution in [0.3, 0.4) is 0 Å². The average Bonchev–Trinajstić information content (AvgIpc) is 3.23. The summed E-state index contributed by atoms with van der Waals surface area (Å²) in [6.07, 6.45) is 3.08. The highest BCUT2D eigenvalue weighted by atomic mass is 127. The first-order valence-electron chi connectivity index (χ1n) is 10.5. The molecular weight excluding hydrogens is 509 g/mol. The van der Waals surface area contributed by atoms with Crippen molar-refractivity contribution < 1.29 is 9.47 Å². The summed E-state index contributed by atoms with van der Waals surface area (Å²) >= 11 is 1.86. The molecule has 0 unspecified atom stereocenters. The van der Waals surface area contributed by atoms with Gasteiger partial charge < -0.3 is 20.1 Å². The maximum Gasteiger partial charge on any atom is 0.191 e. The van der Waals surface area contributed by atoms with E-state index < -0.39 is 0 Å². The summed E-state index contributed by atoms with van der Waals surface area (Å²) in [5.74, 6) is 1.76. The van der Waals surface area contributed by atoms with Crippen LogP contribution in [0, 0.1) is 0 Å². The summed E-state index contributed by atoms with van der Waals surface area (Å²) in [6, 6.07) is 13.0. The second-order valence-corrected chi connectivity index (χ2v) is 8.60. The fourth-order valence-electron chi connectivity index (χ4n) is 3.75. The van der Waals surface area contributed by atoms with E-state index in [1.165, 1.54) is 15.3 Å². The second-order valence-electron chi connectivity index (χ2n) is 7.35. The first-order valence-corrected chi connectivity index (χ1v) is 11.3. The maximum absolute atomic E-state index is 5.66. The molecule has 0 atom stereocenters. The van der Waals surface area contributed by atoms with Gasteiger partial charge in [0, 0.05) is 42.0 Å². The molecule has 0 aliphatic carbocycles. The summed E-state index contributed by atoms with van der Waals surface area (Å²) in [5.41, 5.74) is 1.37. The fourth-order valence-corrected chi connectivity index (χ4v) is 4.65. The number of nitrogens with one attached hydrogen (secondary N) is 2. The number of rotatable bonds is 8. The van der Waals surface area contributed by atoms with Crippen LogP contribution in [0.15, 0.2) is 41.4 Å². The van der Waals surface area contributed by atoms with Crippen molar-refractivity contribution in [2.24, 2.45) is 4.99 Å². The minimum Gasteiger partial charge on any atom is -0.494 e. The Kier molecular flexibility index (Phi) is 10.4. The monoisotopic (exact) mass is 543 g/mol. The number of ether oxygens (including phenoxy) is 2. The lowest BCUT2D eigenvalue weighted by molar-refractivity contribution is 0.0513. The minimum absolute atomic E-state index is 0. The van der Waals surface area contributed by atoms with Gasteiger partial charge in [-0.25, -0.2) is 0 Å². The van der Waals surface area contributed by atoms with Crippen molar-refractivity contribution in [2.45, 2.75) is 45.1 Å². The first-order chi connectivity index (χ1) is 14.2. The van der Waals surface area contributed by atoms with E-state index in [0.717, 1.165) is 57.3 Å². The molecule has 2 aromatic rings. The first kappa shape index (κ1) is 24.9.